The van der Waals surface area contributed by atoms with E-state index >= 15 is 0 Å². The average molecular weight is 487 g/mol. The predicted octanol–water partition coefficient (Wildman–Crippen LogP) is 6.14. The molecule has 2 aromatic carbocycles. The Labute approximate surface area is 199 Å². The van der Waals surface area contributed by atoms with Gasteiger partial charge in [-0.2, -0.15) is 0 Å². The third-order valence-corrected chi connectivity index (χ3v) is 6.41. The van der Waals surface area contributed by atoms with Gasteiger partial charge in [0.25, 0.3) is 5.91 Å². The van der Waals surface area contributed by atoms with Gasteiger partial charge in [-0.1, -0.05) is 47.0 Å². The standard InChI is InChI=1S/C23H20Cl2N4O2S/c1-14-3-6-20(15(2)7-14)31-11-17-9-21(32-12-17)22(30)27-23-26-13-29(28-23)10-16-4-5-18(24)19(25)8-16/h3-9,12-13H,10-11H2,1-2H3,(H,27,28,30). The molecule has 4 aromatic rings. The molecule has 9 heteroatoms. The van der Waals surface area contributed by atoms with Crippen molar-refractivity contribution < 1.29 is 9.53 Å². The number of nitrogens with zero attached hydrogens (tertiary/aromatic N) is 3. The highest BCUT2D eigenvalue weighted by Crippen LogP contribution is 2.24. The Balaban J connectivity index is 1.34. The molecule has 0 saturated heterocycles. The van der Waals surface area contributed by atoms with Crippen LogP contribution >= 0.6 is 34.5 Å². The van der Waals surface area contributed by atoms with Gasteiger partial charge in [-0.05, 0) is 54.6 Å². The lowest BCUT2D eigenvalue weighted by Gasteiger charge is -2.08. The van der Waals surface area contributed by atoms with Gasteiger partial charge in [0.2, 0.25) is 5.95 Å². The first-order chi connectivity index (χ1) is 15.4. The van der Waals surface area contributed by atoms with E-state index in [1.165, 1.54) is 16.9 Å². The van der Waals surface area contributed by atoms with Gasteiger partial charge in [0.05, 0.1) is 21.5 Å². The van der Waals surface area contributed by atoms with Crippen molar-refractivity contribution in [2.45, 2.75) is 27.0 Å². The second-order valence-electron chi connectivity index (χ2n) is 7.35. The molecule has 0 spiro atoms. The zero-order valence-corrected chi connectivity index (χ0v) is 19.8. The topological polar surface area (TPSA) is 69.0 Å². The van der Waals surface area contributed by atoms with Gasteiger partial charge in [-0.3, -0.25) is 10.1 Å². The highest BCUT2D eigenvalue weighted by atomic mass is 35.5. The number of aromatic nitrogens is 3. The normalized spacial score (nSPS) is 10.9. The lowest BCUT2D eigenvalue weighted by Crippen LogP contribution is -2.12. The zero-order valence-electron chi connectivity index (χ0n) is 17.4. The molecule has 0 saturated carbocycles. The Bertz CT molecular complexity index is 1270. The van der Waals surface area contributed by atoms with E-state index in [1.54, 1.807) is 23.1 Å². The lowest BCUT2D eigenvalue weighted by atomic mass is 10.1. The van der Waals surface area contributed by atoms with Gasteiger partial charge in [-0.25, -0.2) is 9.67 Å². The largest absolute Gasteiger partial charge is 0.489 e. The summed E-state index contributed by atoms with van der Waals surface area (Å²) in [5, 5.41) is 9.92. The van der Waals surface area contributed by atoms with E-state index in [0.29, 0.717) is 28.1 Å². The monoisotopic (exact) mass is 486 g/mol. The number of benzene rings is 2. The number of hydrogen-bond acceptors (Lipinski definition) is 5. The first-order valence-electron chi connectivity index (χ1n) is 9.79. The Kier molecular flexibility index (Phi) is 6.79. The number of carbonyl (C=O) groups is 1. The third kappa shape index (κ3) is 5.48. The summed E-state index contributed by atoms with van der Waals surface area (Å²) >= 11 is 13.3. The van der Waals surface area contributed by atoms with Gasteiger partial charge in [0.1, 0.15) is 18.7 Å². The quantitative estimate of drug-likeness (QED) is 0.340. The number of ether oxygens (including phenoxy) is 1. The molecule has 2 heterocycles. The fourth-order valence-electron chi connectivity index (χ4n) is 3.11. The molecule has 0 fully saturated rings. The highest BCUT2D eigenvalue weighted by Gasteiger charge is 2.13. The van der Waals surface area contributed by atoms with E-state index in [4.69, 9.17) is 27.9 Å². The summed E-state index contributed by atoms with van der Waals surface area (Å²) in [5.74, 6) is 0.807. The third-order valence-electron chi connectivity index (χ3n) is 4.69. The smallest absolute Gasteiger partial charge is 0.268 e. The van der Waals surface area contributed by atoms with Crippen molar-refractivity contribution in [3.05, 3.63) is 91.3 Å². The maximum atomic E-state index is 12.6. The van der Waals surface area contributed by atoms with Crippen LogP contribution in [-0.4, -0.2) is 20.7 Å². The molecule has 0 aliphatic rings. The number of aryl methyl sites for hydroxylation is 2. The van der Waals surface area contributed by atoms with Crippen LogP contribution in [0.15, 0.2) is 54.2 Å². The Morgan fingerprint density at radius 1 is 1.09 bits per heavy atom. The minimum atomic E-state index is -0.264. The summed E-state index contributed by atoms with van der Waals surface area (Å²) in [6, 6.07) is 13.2. The molecule has 0 radical (unpaired) electrons. The minimum absolute atomic E-state index is 0.233. The molecular weight excluding hydrogens is 467 g/mol. The van der Waals surface area contributed by atoms with E-state index in [0.717, 1.165) is 22.4 Å². The van der Waals surface area contributed by atoms with Crippen LogP contribution in [0, 0.1) is 13.8 Å². The second-order valence-corrected chi connectivity index (χ2v) is 9.07. The predicted molar refractivity (Wildman–Crippen MR) is 128 cm³/mol. The van der Waals surface area contributed by atoms with Crippen LogP contribution in [0.25, 0.3) is 0 Å². The second kappa shape index (κ2) is 9.73. The van der Waals surface area contributed by atoms with E-state index in [-0.39, 0.29) is 11.9 Å². The molecule has 0 unspecified atom stereocenters. The zero-order chi connectivity index (χ0) is 22.7. The van der Waals surface area contributed by atoms with Crippen LogP contribution in [0.4, 0.5) is 5.95 Å². The van der Waals surface area contributed by atoms with Gasteiger partial charge in [0, 0.05) is 5.56 Å². The molecule has 4 rings (SSSR count). The van der Waals surface area contributed by atoms with E-state index in [1.807, 2.05) is 43.5 Å². The van der Waals surface area contributed by atoms with Crippen molar-refractivity contribution in [3.8, 4) is 5.75 Å². The maximum absolute atomic E-state index is 12.6. The number of amides is 1. The fourth-order valence-corrected chi connectivity index (χ4v) is 4.22. The first-order valence-corrected chi connectivity index (χ1v) is 11.4. The van der Waals surface area contributed by atoms with Crippen LogP contribution in [0.5, 0.6) is 5.75 Å². The molecule has 2 aromatic heterocycles. The van der Waals surface area contributed by atoms with E-state index in [2.05, 4.69) is 21.5 Å². The first kappa shape index (κ1) is 22.3. The Morgan fingerprint density at radius 2 is 1.94 bits per heavy atom. The molecule has 32 heavy (non-hydrogen) atoms. The van der Waals surface area contributed by atoms with Crippen LogP contribution in [-0.2, 0) is 13.2 Å². The number of halogens is 2. The molecule has 0 bridgehead atoms. The fraction of sp³-hybridized carbons (Fsp3) is 0.174. The van der Waals surface area contributed by atoms with Crippen molar-refractivity contribution in [1.29, 1.82) is 0 Å². The number of rotatable bonds is 7. The van der Waals surface area contributed by atoms with Crippen molar-refractivity contribution in [3.63, 3.8) is 0 Å². The van der Waals surface area contributed by atoms with Crippen LogP contribution in [0.3, 0.4) is 0 Å². The highest BCUT2D eigenvalue weighted by molar-refractivity contribution is 7.12. The number of thiophene rings is 1. The Morgan fingerprint density at radius 3 is 2.72 bits per heavy atom. The maximum Gasteiger partial charge on any atom is 0.268 e. The summed E-state index contributed by atoms with van der Waals surface area (Å²) < 4.78 is 7.51. The lowest BCUT2D eigenvalue weighted by molar-refractivity contribution is 0.102. The summed E-state index contributed by atoms with van der Waals surface area (Å²) in [4.78, 5) is 17.3. The van der Waals surface area contributed by atoms with Gasteiger partial charge in [0.15, 0.2) is 0 Å². The van der Waals surface area contributed by atoms with Gasteiger partial charge in [-0.15, -0.1) is 16.4 Å². The molecule has 164 valence electrons. The summed E-state index contributed by atoms with van der Waals surface area (Å²) in [7, 11) is 0. The van der Waals surface area contributed by atoms with Gasteiger partial charge < -0.3 is 4.74 Å². The van der Waals surface area contributed by atoms with Crippen molar-refractivity contribution in [1.82, 2.24) is 14.8 Å². The van der Waals surface area contributed by atoms with Crippen molar-refractivity contribution >= 4 is 46.4 Å². The van der Waals surface area contributed by atoms with Gasteiger partial charge >= 0.3 is 0 Å². The van der Waals surface area contributed by atoms with Crippen LogP contribution in [0.2, 0.25) is 10.0 Å². The molecule has 0 aliphatic carbocycles. The van der Waals surface area contributed by atoms with Crippen molar-refractivity contribution in [2.24, 2.45) is 0 Å². The van der Waals surface area contributed by atoms with E-state index < -0.39 is 0 Å². The number of hydrogen-bond donors (Lipinski definition) is 1. The minimum Gasteiger partial charge on any atom is -0.489 e. The Hall–Kier alpha value is -2.87. The average Bonchev–Trinajstić information content (AvgIpc) is 3.40. The molecule has 6 nitrogen and oxygen atoms in total. The number of nitrogens with one attached hydrogen (secondary N) is 1. The molecule has 0 atom stereocenters. The van der Waals surface area contributed by atoms with Crippen LogP contribution in [0.1, 0.15) is 31.9 Å². The summed E-state index contributed by atoms with van der Waals surface area (Å²) in [5.41, 5.74) is 4.13. The molecule has 0 aliphatic heterocycles. The molecular formula is C23H20Cl2N4O2S. The summed E-state index contributed by atoms with van der Waals surface area (Å²) in [6.45, 7) is 4.91. The summed E-state index contributed by atoms with van der Waals surface area (Å²) in [6.07, 6.45) is 1.55. The van der Waals surface area contributed by atoms with E-state index in [9.17, 15) is 4.79 Å². The SMILES string of the molecule is Cc1ccc(OCc2csc(C(=O)Nc3ncn(Cc4ccc(Cl)c(Cl)c4)n3)c2)c(C)c1. The molecule has 1 N–H and O–H groups in total. The van der Waals surface area contributed by atoms with Crippen molar-refractivity contribution in [2.75, 3.05) is 5.32 Å². The molecule has 1 amide bonds. The number of carbonyl (C=O) groups excluding carboxylic acids is 1. The number of anilines is 1. The van der Waals surface area contributed by atoms with Crippen LogP contribution < -0.4 is 10.1 Å².